The van der Waals surface area contributed by atoms with Crippen molar-refractivity contribution in [3.63, 3.8) is 0 Å². The van der Waals surface area contributed by atoms with Crippen molar-refractivity contribution in [2.24, 2.45) is 0 Å². The lowest BCUT2D eigenvalue weighted by molar-refractivity contribution is 0.103. The Labute approximate surface area is 144 Å². The Morgan fingerprint density at radius 1 is 1.12 bits per heavy atom. The van der Waals surface area contributed by atoms with Crippen LogP contribution in [0, 0.1) is 0 Å². The van der Waals surface area contributed by atoms with Gasteiger partial charge < -0.3 is 14.7 Å². The molecule has 0 spiro atoms. The van der Waals surface area contributed by atoms with Gasteiger partial charge >= 0.3 is 6.09 Å². The summed E-state index contributed by atoms with van der Waals surface area (Å²) in [4.78, 5) is 33.2. The van der Waals surface area contributed by atoms with E-state index in [-0.39, 0.29) is 5.78 Å². The molecule has 7 nitrogen and oxygen atoms in total. The number of carbonyl (C=O) groups excluding carboxylic acids is 1. The predicted molar refractivity (Wildman–Crippen MR) is 90.7 cm³/mol. The van der Waals surface area contributed by atoms with Crippen molar-refractivity contribution < 1.29 is 19.4 Å². The van der Waals surface area contributed by atoms with Crippen LogP contribution < -0.4 is 4.74 Å². The van der Waals surface area contributed by atoms with Crippen LogP contribution in [0.25, 0.3) is 5.57 Å². The Bertz CT molecular complexity index is 813. The number of nitrogens with zero attached hydrogens (tertiary/aromatic N) is 3. The Balaban J connectivity index is 1.73. The number of ketones is 1. The van der Waals surface area contributed by atoms with Crippen LogP contribution in [0.3, 0.4) is 0 Å². The number of methoxy groups -OCH3 is 1. The standard InChI is InChI=1S/C18H17N3O4/c1-25-15-4-2-12(3-5-15)16(22)14-10-19-17(20-11-14)13-6-8-21(9-7-13)18(23)24/h2-6,10-11H,7-9H2,1H3,(H,23,24). The quantitative estimate of drug-likeness (QED) is 0.860. The monoisotopic (exact) mass is 339 g/mol. The van der Waals surface area contributed by atoms with Gasteiger partial charge in [0.05, 0.1) is 12.7 Å². The molecule has 0 aliphatic carbocycles. The molecule has 1 amide bonds. The van der Waals surface area contributed by atoms with Crippen LogP contribution in [0.5, 0.6) is 5.75 Å². The zero-order valence-corrected chi connectivity index (χ0v) is 13.7. The van der Waals surface area contributed by atoms with Crippen LogP contribution in [0.2, 0.25) is 0 Å². The maximum Gasteiger partial charge on any atom is 0.407 e. The zero-order valence-electron chi connectivity index (χ0n) is 13.7. The molecule has 2 heterocycles. The third kappa shape index (κ3) is 3.65. The van der Waals surface area contributed by atoms with Crippen LogP contribution in [-0.2, 0) is 0 Å². The predicted octanol–water partition coefficient (Wildman–Crippen LogP) is 2.48. The molecule has 2 aromatic rings. The summed E-state index contributed by atoms with van der Waals surface area (Å²) in [5.74, 6) is 1.04. The highest BCUT2D eigenvalue weighted by Crippen LogP contribution is 2.20. The van der Waals surface area contributed by atoms with E-state index in [1.807, 2.05) is 0 Å². The summed E-state index contributed by atoms with van der Waals surface area (Å²) >= 11 is 0. The fourth-order valence-corrected chi connectivity index (χ4v) is 2.57. The zero-order chi connectivity index (χ0) is 17.8. The molecule has 1 aliphatic rings. The van der Waals surface area contributed by atoms with Gasteiger partial charge in [-0.15, -0.1) is 0 Å². The van der Waals surface area contributed by atoms with Gasteiger partial charge in [-0.3, -0.25) is 4.79 Å². The van der Waals surface area contributed by atoms with E-state index in [0.29, 0.717) is 42.2 Å². The van der Waals surface area contributed by atoms with Gasteiger partial charge in [-0.05, 0) is 36.3 Å². The molecule has 1 N–H and O–H groups in total. The van der Waals surface area contributed by atoms with Gasteiger partial charge in [-0.2, -0.15) is 0 Å². The molecule has 0 bridgehead atoms. The van der Waals surface area contributed by atoms with E-state index in [2.05, 4.69) is 9.97 Å². The topological polar surface area (TPSA) is 92.6 Å². The first-order valence-electron chi connectivity index (χ1n) is 7.76. The number of aromatic nitrogens is 2. The fourth-order valence-electron chi connectivity index (χ4n) is 2.57. The Morgan fingerprint density at radius 2 is 1.80 bits per heavy atom. The molecule has 0 saturated heterocycles. The van der Waals surface area contributed by atoms with Crippen LogP contribution in [0.15, 0.2) is 42.7 Å². The van der Waals surface area contributed by atoms with Gasteiger partial charge in [0.2, 0.25) is 0 Å². The number of rotatable bonds is 4. The molecule has 3 rings (SSSR count). The second kappa shape index (κ2) is 7.12. The van der Waals surface area contributed by atoms with Crippen molar-refractivity contribution >= 4 is 17.4 Å². The molecule has 0 saturated carbocycles. The van der Waals surface area contributed by atoms with Crippen molar-refractivity contribution in [1.29, 1.82) is 0 Å². The first-order chi connectivity index (χ1) is 12.1. The second-order valence-corrected chi connectivity index (χ2v) is 5.56. The molecule has 25 heavy (non-hydrogen) atoms. The average molecular weight is 339 g/mol. The van der Waals surface area contributed by atoms with Gasteiger partial charge in [0.25, 0.3) is 0 Å². The average Bonchev–Trinajstić information content (AvgIpc) is 2.67. The maximum absolute atomic E-state index is 12.4. The van der Waals surface area contributed by atoms with Gasteiger partial charge in [0.15, 0.2) is 11.6 Å². The van der Waals surface area contributed by atoms with E-state index in [4.69, 9.17) is 9.84 Å². The van der Waals surface area contributed by atoms with Crippen LogP contribution >= 0.6 is 0 Å². The number of amides is 1. The highest BCUT2D eigenvalue weighted by molar-refractivity contribution is 6.08. The third-order valence-electron chi connectivity index (χ3n) is 4.03. The molecule has 7 heteroatoms. The van der Waals surface area contributed by atoms with Gasteiger partial charge in [0.1, 0.15) is 5.75 Å². The SMILES string of the molecule is COc1ccc(C(=O)c2cnc(C3=CCN(C(=O)O)CC3)nc2)cc1. The first kappa shape index (κ1) is 16.6. The van der Waals surface area contributed by atoms with E-state index in [1.54, 1.807) is 37.5 Å². The smallest absolute Gasteiger partial charge is 0.407 e. The number of hydrogen-bond acceptors (Lipinski definition) is 5. The summed E-state index contributed by atoms with van der Waals surface area (Å²) < 4.78 is 5.08. The summed E-state index contributed by atoms with van der Waals surface area (Å²) in [5, 5.41) is 8.95. The minimum absolute atomic E-state index is 0.163. The molecule has 0 fully saturated rings. The van der Waals surface area contributed by atoms with Gasteiger partial charge in [-0.25, -0.2) is 14.8 Å². The lowest BCUT2D eigenvalue weighted by Crippen LogP contribution is -2.33. The van der Waals surface area contributed by atoms with Crippen molar-refractivity contribution in [2.75, 3.05) is 20.2 Å². The Hall–Kier alpha value is -3.22. The molecule has 1 aromatic heterocycles. The summed E-state index contributed by atoms with van der Waals surface area (Å²) in [6, 6.07) is 6.84. The van der Waals surface area contributed by atoms with Gasteiger partial charge in [0, 0.05) is 31.0 Å². The summed E-state index contributed by atoms with van der Waals surface area (Å²) in [6.07, 6.45) is 4.42. The molecule has 0 atom stereocenters. The van der Waals surface area contributed by atoms with E-state index in [0.717, 1.165) is 5.57 Å². The molecular formula is C18H17N3O4. The van der Waals surface area contributed by atoms with E-state index < -0.39 is 6.09 Å². The van der Waals surface area contributed by atoms with Crippen molar-refractivity contribution in [2.45, 2.75) is 6.42 Å². The summed E-state index contributed by atoms with van der Waals surface area (Å²) in [6.45, 7) is 0.734. The normalized spacial score (nSPS) is 14.0. The minimum Gasteiger partial charge on any atom is -0.497 e. The van der Waals surface area contributed by atoms with E-state index in [1.165, 1.54) is 17.3 Å². The molecule has 128 valence electrons. The van der Waals surface area contributed by atoms with E-state index >= 15 is 0 Å². The number of carboxylic acid groups (broad SMARTS) is 1. The molecular weight excluding hydrogens is 322 g/mol. The van der Waals surface area contributed by atoms with Crippen molar-refractivity contribution in [1.82, 2.24) is 14.9 Å². The minimum atomic E-state index is -0.934. The molecule has 1 aromatic carbocycles. The largest absolute Gasteiger partial charge is 0.497 e. The lowest BCUT2D eigenvalue weighted by Gasteiger charge is -2.22. The number of hydrogen-bond donors (Lipinski definition) is 1. The van der Waals surface area contributed by atoms with Gasteiger partial charge in [-0.1, -0.05) is 6.08 Å². The molecule has 0 unspecified atom stereocenters. The number of carbonyl (C=O) groups is 2. The first-order valence-corrected chi connectivity index (χ1v) is 7.76. The third-order valence-corrected chi connectivity index (χ3v) is 4.03. The highest BCUT2D eigenvalue weighted by Gasteiger charge is 2.18. The number of ether oxygens (including phenoxy) is 1. The summed E-state index contributed by atoms with van der Waals surface area (Å²) in [7, 11) is 1.57. The lowest BCUT2D eigenvalue weighted by atomic mass is 10.1. The Kier molecular flexibility index (Phi) is 4.74. The van der Waals surface area contributed by atoms with Crippen LogP contribution in [0.1, 0.15) is 28.2 Å². The Morgan fingerprint density at radius 3 is 2.32 bits per heavy atom. The highest BCUT2D eigenvalue weighted by atomic mass is 16.5. The van der Waals surface area contributed by atoms with E-state index in [9.17, 15) is 9.59 Å². The van der Waals surface area contributed by atoms with Crippen molar-refractivity contribution in [3.8, 4) is 5.75 Å². The van der Waals surface area contributed by atoms with Crippen molar-refractivity contribution in [3.05, 3.63) is 59.7 Å². The second-order valence-electron chi connectivity index (χ2n) is 5.56. The van der Waals surface area contributed by atoms with Crippen LogP contribution in [-0.4, -0.2) is 52.1 Å². The molecule has 1 aliphatic heterocycles. The maximum atomic E-state index is 12.4. The summed E-state index contributed by atoms with van der Waals surface area (Å²) in [5.41, 5.74) is 1.82. The molecule has 0 radical (unpaired) electrons. The van der Waals surface area contributed by atoms with Crippen LogP contribution in [0.4, 0.5) is 4.79 Å². The number of benzene rings is 1. The fraction of sp³-hybridized carbons (Fsp3) is 0.222.